The van der Waals surface area contributed by atoms with Crippen molar-refractivity contribution in [3.05, 3.63) is 34.7 Å². The zero-order valence-electron chi connectivity index (χ0n) is 14.9. The van der Waals surface area contributed by atoms with Crippen LogP contribution in [0.3, 0.4) is 0 Å². The van der Waals surface area contributed by atoms with Crippen molar-refractivity contribution >= 4 is 23.2 Å². The number of hydrogen-bond acceptors (Lipinski definition) is 4. The number of aryl methyl sites for hydroxylation is 1. The Morgan fingerprint density at radius 1 is 1.28 bits per heavy atom. The topological polar surface area (TPSA) is 53.4 Å². The first-order chi connectivity index (χ1) is 12.3. The van der Waals surface area contributed by atoms with Gasteiger partial charge in [-0.3, -0.25) is 10.2 Å². The van der Waals surface area contributed by atoms with Crippen molar-refractivity contribution in [1.29, 1.82) is 0 Å². The molecule has 1 saturated heterocycles. The van der Waals surface area contributed by atoms with Gasteiger partial charge in [-0.05, 0) is 24.3 Å². The number of carbonyl (C=O) groups excluding carboxylic acids is 1. The van der Waals surface area contributed by atoms with E-state index < -0.39 is 0 Å². The second-order valence-corrected chi connectivity index (χ2v) is 7.45. The Bertz CT molecular complexity index is 654. The van der Waals surface area contributed by atoms with E-state index in [9.17, 15) is 4.79 Å². The molecule has 0 saturated carbocycles. The van der Waals surface area contributed by atoms with Crippen LogP contribution in [0, 0.1) is 0 Å². The molecule has 136 valence electrons. The summed E-state index contributed by atoms with van der Waals surface area (Å²) in [4.78, 5) is 18.4. The molecule has 0 spiro atoms. The Morgan fingerprint density at radius 2 is 2.20 bits per heavy atom. The first-order valence-electron chi connectivity index (χ1n) is 9.08. The molecule has 1 aliphatic heterocycles. The standard InChI is InChI=1S/C18H27N5OS/c1-2-3-11-23-17(7-8-19-23)20-18(24)22-10-5-9-21(12-13-22)15-16-6-4-14-25-16/h4,6-8,14H,2-3,5,9-13,15H2,1H3,(H,20,24). The molecule has 3 rings (SSSR count). The number of amides is 2. The minimum Gasteiger partial charge on any atom is -0.323 e. The molecule has 1 aliphatic rings. The molecule has 0 unspecified atom stereocenters. The molecule has 2 aromatic heterocycles. The summed E-state index contributed by atoms with van der Waals surface area (Å²) in [5, 5.41) is 9.45. The molecule has 6 nitrogen and oxygen atoms in total. The lowest BCUT2D eigenvalue weighted by atomic mass is 10.3. The van der Waals surface area contributed by atoms with Crippen LogP contribution in [0.15, 0.2) is 29.8 Å². The van der Waals surface area contributed by atoms with Gasteiger partial charge in [0.2, 0.25) is 0 Å². The van der Waals surface area contributed by atoms with E-state index in [-0.39, 0.29) is 6.03 Å². The van der Waals surface area contributed by atoms with Gasteiger partial charge in [-0.25, -0.2) is 9.48 Å². The molecule has 0 atom stereocenters. The van der Waals surface area contributed by atoms with Crippen molar-refractivity contribution in [2.24, 2.45) is 0 Å². The highest BCUT2D eigenvalue weighted by Crippen LogP contribution is 2.15. The number of thiophene rings is 1. The Balaban J connectivity index is 1.52. The molecule has 1 N–H and O–H groups in total. The lowest BCUT2D eigenvalue weighted by Gasteiger charge is -2.22. The van der Waals surface area contributed by atoms with Gasteiger partial charge in [0, 0.05) is 50.2 Å². The van der Waals surface area contributed by atoms with Crippen LogP contribution in [-0.2, 0) is 13.1 Å². The van der Waals surface area contributed by atoms with Crippen molar-refractivity contribution in [2.75, 3.05) is 31.5 Å². The van der Waals surface area contributed by atoms with Crippen molar-refractivity contribution in [3.63, 3.8) is 0 Å². The molecule has 2 amide bonds. The summed E-state index contributed by atoms with van der Waals surface area (Å²) in [5.41, 5.74) is 0. The predicted octanol–water partition coefficient (Wildman–Crippen LogP) is 3.48. The maximum atomic E-state index is 12.6. The number of unbranched alkanes of at least 4 members (excludes halogenated alkanes) is 1. The van der Waals surface area contributed by atoms with Crippen LogP contribution < -0.4 is 5.32 Å². The lowest BCUT2D eigenvalue weighted by molar-refractivity contribution is 0.211. The van der Waals surface area contributed by atoms with Gasteiger partial charge < -0.3 is 4.90 Å². The summed E-state index contributed by atoms with van der Waals surface area (Å²) < 4.78 is 1.88. The molecule has 0 radical (unpaired) electrons. The molecule has 25 heavy (non-hydrogen) atoms. The van der Waals surface area contributed by atoms with Gasteiger partial charge in [0.15, 0.2) is 0 Å². The van der Waals surface area contributed by atoms with Gasteiger partial charge in [0.25, 0.3) is 0 Å². The SMILES string of the molecule is CCCCn1nccc1NC(=O)N1CCCN(Cc2cccs2)CC1. The third kappa shape index (κ3) is 5.06. The molecule has 7 heteroatoms. The Kier molecular flexibility index (Phi) is 6.47. The summed E-state index contributed by atoms with van der Waals surface area (Å²) in [7, 11) is 0. The second kappa shape index (κ2) is 9.01. The highest BCUT2D eigenvalue weighted by molar-refractivity contribution is 7.09. The van der Waals surface area contributed by atoms with E-state index in [1.165, 1.54) is 4.88 Å². The number of carbonyl (C=O) groups is 1. The Hall–Kier alpha value is -1.86. The van der Waals surface area contributed by atoms with Crippen LogP contribution in [-0.4, -0.2) is 51.8 Å². The molecule has 3 heterocycles. The number of nitrogens with one attached hydrogen (secondary N) is 1. The summed E-state index contributed by atoms with van der Waals surface area (Å²) in [5.74, 6) is 0.790. The molecular weight excluding hydrogens is 334 g/mol. The average molecular weight is 362 g/mol. The second-order valence-electron chi connectivity index (χ2n) is 6.42. The number of rotatable bonds is 6. The maximum Gasteiger partial charge on any atom is 0.323 e. The Labute approximate surface area is 153 Å². The smallest absolute Gasteiger partial charge is 0.323 e. The molecule has 2 aromatic rings. The largest absolute Gasteiger partial charge is 0.323 e. The number of aromatic nitrogens is 2. The number of anilines is 1. The van der Waals surface area contributed by atoms with Gasteiger partial charge in [-0.1, -0.05) is 19.4 Å². The van der Waals surface area contributed by atoms with Crippen LogP contribution in [0.2, 0.25) is 0 Å². The third-order valence-corrected chi connectivity index (χ3v) is 5.37. The normalized spacial score (nSPS) is 16.0. The van der Waals surface area contributed by atoms with E-state index in [0.717, 1.165) is 64.3 Å². The molecular formula is C18H27N5OS. The first-order valence-corrected chi connectivity index (χ1v) is 9.96. The molecule has 0 bridgehead atoms. The zero-order chi connectivity index (χ0) is 17.5. The van der Waals surface area contributed by atoms with Gasteiger partial charge >= 0.3 is 6.03 Å². The number of hydrogen-bond donors (Lipinski definition) is 1. The number of urea groups is 1. The van der Waals surface area contributed by atoms with E-state index in [1.807, 2.05) is 15.6 Å². The van der Waals surface area contributed by atoms with Gasteiger partial charge in [-0.2, -0.15) is 5.10 Å². The first kappa shape index (κ1) is 17.9. The summed E-state index contributed by atoms with van der Waals surface area (Å²) in [6.07, 6.45) is 4.93. The van der Waals surface area contributed by atoms with E-state index in [0.29, 0.717) is 0 Å². The van der Waals surface area contributed by atoms with Crippen LogP contribution >= 0.6 is 11.3 Å². The molecule has 0 aliphatic carbocycles. The fourth-order valence-corrected chi connectivity index (χ4v) is 3.81. The summed E-state index contributed by atoms with van der Waals surface area (Å²) in [6.45, 7) is 7.50. The van der Waals surface area contributed by atoms with E-state index in [2.05, 4.69) is 39.8 Å². The lowest BCUT2D eigenvalue weighted by Crippen LogP contribution is -2.38. The van der Waals surface area contributed by atoms with Gasteiger partial charge in [-0.15, -0.1) is 11.3 Å². The fraction of sp³-hybridized carbons (Fsp3) is 0.556. The van der Waals surface area contributed by atoms with E-state index in [1.54, 1.807) is 17.5 Å². The van der Waals surface area contributed by atoms with E-state index in [4.69, 9.17) is 0 Å². The van der Waals surface area contributed by atoms with Crippen LogP contribution in [0.5, 0.6) is 0 Å². The summed E-state index contributed by atoms with van der Waals surface area (Å²) in [6, 6.07) is 6.13. The monoisotopic (exact) mass is 361 g/mol. The molecule has 0 aromatic carbocycles. The van der Waals surface area contributed by atoms with Crippen LogP contribution in [0.25, 0.3) is 0 Å². The zero-order valence-corrected chi connectivity index (χ0v) is 15.7. The van der Waals surface area contributed by atoms with Crippen molar-refractivity contribution in [1.82, 2.24) is 19.6 Å². The minimum atomic E-state index is -0.0174. The molecule has 1 fully saturated rings. The van der Waals surface area contributed by atoms with E-state index >= 15 is 0 Å². The maximum absolute atomic E-state index is 12.6. The average Bonchev–Trinajstić information content (AvgIpc) is 3.21. The summed E-state index contributed by atoms with van der Waals surface area (Å²) >= 11 is 1.80. The highest BCUT2D eigenvalue weighted by atomic mass is 32.1. The Morgan fingerprint density at radius 3 is 3.00 bits per heavy atom. The van der Waals surface area contributed by atoms with Crippen molar-refractivity contribution < 1.29 is 4.79 Å². The number of nitrogens with zero attached hydrogens (tertiary/aromatic N) is 4. The highest BCUT2D eigenvalue weighted by Gasteiger charge is 2.20. The third-order valence-electron chi connectivity index (χ3n) is 4.51. The van der Waals surface area contributed by atoms with Crippen molar-refractivity contribution in [2.45, 2.75) is 39.3 Å². The van der Waals surface area contributed by atoms with Gasteiger partial charge in [0.1, 0.15) is 5.82 Å². The van der Waals surface area contributed by atoms with Crippen molar-refractivity contribution in [3.8, 4) is 0 Å². The fourth-order valence-electron chi connectivity index (χ4n) is 3.07. The predicted molar refractivity (Wildman–Crippen MR) is 102 cm³/mol. The quantitative estimate of drug-likeness (QED) is 0.857. The van der Waals surface area contributed by atoms with Crippen LogP contribution in [0.1, 0.15) is 31.1 Å². The van der Waals surface area contributed by atoms with Crippen LogP contribution in [0.4, 0.5) is 10.6 Å². The van der Waals surface area contributed by atoms with Gasteiger partial charge in [0.05, 0.1) is 6.20 Å². The minimum absolute atomic E-state index is 0.0174.